The molecule has 0 bridgehead atoms. The van der Waals surface area contributed by atoms with Crippen LogP contribution in [0.1, 0.15) is 33.2 Å². The lowest BCUT2D eigenvalue weighted by molar-refractivity contribution is 0.0743. The average molecular weight is 478 g/mol. The zero-order valence-electron chi connectivity index (χ0n) is 19.4. The minimum atomic E-state index is -0.126. The number of piperazine rings is 1. The second-order valence-corrected chi connectivity index (χ2v) is 8.61. The summed E-state index contributed by atoms with van der Waals surface area (Å²) < 4.78 is 5.33. The van der Waals surface area contributed by atoms with Crippen molar-refractivity contribution in [2.75, 3.05) is 43.5 Å². The fourth-order valence-electron chi connectivity index (χ4n) is 4.04. The molecule has 1 aliphatic rings. The van der Waals surface area contributed by atoms with Gasteiger partial charge in [-0.3, -0.25) is 9.59 Å². The molecule has 0 aliphatic carbocycles. The third-order valence-corrected chi connectivity index (χ3v) is 6.31. The number of anilines is 2. The Kier molecular flexibility index (Phi) is 7.38. The maximum absolute atomic E-state index is 13.0. The quantitative estimate of drug-likeness (QED) is 0.535. The van der Waals surface area contributed by atoms with E-state index in [1.807, 2.05) is 53.4 Å². The molecule has 0 atom stereocenters. The van der Waals surface area contributed by atoms with E-state index in [2.05, 4.69) is 17.1 Å². The van der Waals surface area contributed by atoms with Crippen LogP contribution in [0.3, 0.4) is 0 Å². The van der Waals surface area contributed by atoms with E-state index >= 15 is 0 Å². The highest BCUT2D eigenvalue weighted by atomic mass is 35.5. The lowest BCUT2D eigenvalue weighted by Gasteiger charge is -2.36. The number of nitrogens with zero attached hydrogens (tertiary/aromatic N) is 2. The lowest BCUT2D eigenvalue weighted by atomic mass is 10.1. The molecule has 176 valence electrons. The Morgan fingerprint density at radius 3 is 2.24 bits per heavy atom. The van der Waals surface area contributed by atoms with Crippen LogP contribution in [0.4, 0.5) is 11.4 Å². The van der Waals surface area contributed by atoms with Crippen molar-refractivity contribution in [1.82, 2.24) is 4.90 Å². The summed E-state index contributed by atoms with van der Waals surface area (Å²) in [5, 5.41) is 3.46. The Morgan fingerprint density at radius 2 is 1.62 bits per heavy atom. The van der Waals surface area contributed by atoms with E-state index < -0.39 is 0 Å². The van der Waals surface area contributed by atoms with Crippen molar-refractivity contribution in [3.63, 3.8) is 0 Å². The van der Waals surface area contributed by atoms with Crippen LogP contribution in [0.5, 0.6) is 5.75 Å². The number of ether oxygens (including phenoxy) is 1. The number of hydrogen-bond acceptors (Lipinski definition) is 4. The van der Waals surface area contributed by atoms with Gasteiger partial charge in [-0.05, 0) is 66.6 Å². The summed E-state index contributed by atoms with van der Waals surface area (Å²) in [7, 11) is 1.55. The first-order chi connectivity index (χ1) is 16.5. The zero-order chi connectivity index (χ0) is 24.1. The number of methoxy groups -OCH3 is 1. The van der Waals surface area contributed by atoms with Crippen LogP contribution in [0.25, 0.3) is 0 Å². The largest absolute Gasteiger partial charge is 0.496 e. The van der Waals surface area contributed by atoms with Gasteiger partial charge >= 0.3 is 0 Å². The molecule has 3 aromatic rings. The second-order valence-electron chi connectivity index (χ2n) is 8.18. The number of carbonyl (C=O) groups is 2. The van der Waals surface area contributed by atoms with E-state index in [0.29, 0.717) is 48.1 Å². The van der Waals surface area contributed by atoms with Gasteiger partial charge in [-0.25, -0.2) is 0 Å². The van der Waals surface area contributed by atoms with Crippen molar-refractivity contribution in [2.24, 2.45) is 0 Å². The van der Waals surface area contributed by atoms with Gasteiger partial charge in [0.1, 0.15) is 5.75 Å². The summed E-state index contributed by atoms with van der Waals surface area (Å²) in [5.74, 6) is 0.318. The lowest BCUT2D eigenvalue weighted by Crippen LogP contribution is -2.48. The SMILES string of the molecule is CCc1ccc(C(=O)Nc2ccc(N3CCN(C(=O)c4cc(Cl)ccc4OC)CC3)cc2)cc1. The number of nitrogens with one attached hydrogen (secondary N) is 1. The van der Waals surface area contributed by atoms with Gasteiger partial charge in [-0.1, -0.05) is 30.7 Å². The summed E-state index contributed by atoms with van der Waals surface area (Å²) in [6, 6.07) is 20.5. The zero-order valence-corrected chi connectivity index (χ0v) is 20.1. The third kappa shape index (κ3) is 5.34. The smallest absolute Gasteiger partial charge is 0.257 e. The average Bonchev–Trinajstić information content (AvgIpc) is 2.89. The number of halogens is 1. The van der Waals surface area contributed by atoms with Gasteiger partial charge in [0.2, 0.25) is 0 Å². The van der Waals surface area contributed by atoms with Crippen LogP contribution >= 0.6 is 11.6 Å². The van der Waals surface area contributed by atoms with Gasteiger partial charge in [-0.2, -0.15) is 0 Å². The molecule has 1 heterocycles. The first-order valence-corrected chi connectivity index (χ1v) is 11.7. The van der Waals surface area contributed by atoms with Crippen molar-refractivity contribution < 1.29 is 14.3 Å². The number of amides is 2. The van der Waals surface area contributed by atoms with Crippen LogP contribution in [-0.2, 0) is 6.42 Å². The van der Waals surface area contributed by atoms with E-state index in [0.717, 1.165) is 17.8 Å². The Hall–Kier alpha value is -3.51. The van der Waals surface area contributed by atoms with Crippen molar-refractivity contribution in [2.45, 2.75) is 13.3 Å². The highest BCUT2D eigenvalue weighted by molar-refractivity contribution is 6.31. The molecular formula is C27H28ClN3O3. The fourth-order valence-corrected chi connectivity index (χ4v) is 4.21. The number of benzene rings is 3. The monoisotopic (exact) mass is 477 g/mol. The maximum atomic E-state index is 13.0. The van der Waals surface area contributed by atoms with Crippen LogP contribution in [0.2, 0.25) is 5.02 Å². The molecular weight excluding hydrogens is 450 g/mol. The first kappa shape index (κ1) is 23.6. The van der Waals surface area contributed by atoms with Gasteiger partial charge in [0.05, 0.1) is 12.7 Å². The minimum Gasteiger partial charge on any atom is -0.496 e. The highest BCUT2D eigenvalue weighted by Crippen LogP contribution is 2.26. The number of carbonyl (C=O) groups excluding carboxylic acids is 2. The summed E-state index contributed by atoms with van der Waals surface area (Å²) in [4.78, 5) is 29.6. The molecule has 0 spiro atoms. The molecule has 6 nitrogen and oxygen atoms in total. The van der Waals surface area contributed by atoms with Crippen molar-refractivity contribution in [1.29, 1.82) is 0 Å². The molecule has 0 saturated carbocycles. The molecule has 7 heteroatoms. The minimum absolute atomic E-state index is 0.0796. The number of hydrogen-bond donors (Lipinski definition) is 1. The molecule has 0 unspecified atom stereocenters. The van der Waals surface area contributed by atoms with Crippen molar-refractivity contribution >= 4 is 34.8 Å². The molecule has 1 N–H and O–H groups in total. The molecule has 1 fully saturated rings. The van der Waals surface area contributed by atoms with Gasteiger partial charge in [0.25, 0.3) is 11.8 Å². The third-order valence-electron chi connectivity index (χ3n) is 6.07. The van der Waals surface area contributed by atoms with E-state index in [9.17, 15) is 9.59 Å². The van der Waals surface area contributed by atoms with Gasteiger partial charge < -0.3 is 19.9 Å². The van der Waals surface area contributed by atoms with Crippen molar-refractivity contribution in [3.8, 4) is 5.75 Å². The normalized spacial score (nSPS) is 13.5. The summed E-state index contributed by atoms with van der Waals surface area (Å²) in [6.45, 7) is 4.71. The standard InChI is InChI=1S/C27H28ClN3O3/c1-3-19-4-6-20(7-5-19)26(32)29-22-9-11-23(12-10-22)30-14-16-31(17-15-30)27(33)24-18-21(28)8-13-25(24)34-2/h4-13,18H,3,14-17H2,1-2H3,(H,29,32). The van der Waals surface area contributed by atoms with E-state index in [1.165, 1.54) is 5.56 Å². The molecule has 3 aromatic carbocycles. The van der Waals surface area contributed by atoms with Gasteiger partial charge in [0, 0.05) is 48.1 Å². The molecule has 0 aromatic heterocycles. The molecule has 34 heavy (non-hydrogen) atoms. The maximum Gasteiger partial charge on any atom is 0.257 e. The van der Waals surface area contributed by atoms with Crippen LogP contribution in [-0.4, -0.2) is 50.0 Å². The first-order valence-electron chi connectivity index (χ1n) is 11.4. The van der Waals surface area contributed by atoms with Gasteiger partial charge in [0.15, 0.2) is 0 Å². The predicted molar refractivity (Wildman–Crippen MR) is 136 cm³/mol. The predicted octanol–water partition coefficient (Wildman–Crippen LogP) is 5.13. The summed E-state index contributed by atoms with van der Waals surface area (Å²) >= 11 is 6.09. The number of aryl methyl sites for hydroxylation is 1. The Morgan fingerprint density at radius 1 is 0.941 bits per heavy atom. The van der Waals surface area contributed by atoms with E-state index in [-0.39, 0.29) is 11.8 Å². The number of rotatable bonds is 6. The Balaban J connectivity index is 1.34. The van der Waals surface area contributed by atoms with Crippen molar-refractivity contribution in [3.05, 3.63) is 88.4 Å². The second kappa shape index (κ2) is 10.6. The molecule has 2 amide bonds. The molecule has 1 aliphatic heterocycles. The molecule has 0 radical (unpaired) electrons. The topological polar surface area (TPSA) is 61.9 Å². The van der Waals surface area contributed by atoms with E-state index in [1.54, 1.807) is 25.3 Å². The Bertz CT molecular complexity index is 1150. The van der Waals surface area contributed by atoms with Crippen LogP contribution in [0.15, 0.2) is 66.7 Å². The fraction of sp³-hybridized carbons (Fsp3) is 0.259. The summed E-state index contributed by atoms with van der Waals surface area (Å²) in [5.41, 5.74) is 4.12. The molecule has 4 rings (SSSR count). The highest BCUT2D eigenvalue weighted by Gasteiger charge is 2.24. The molecule has 1 saturated heterocycles. The van der Waals surface area contributed by atoms with Crippen LogP contribution < -0.4 is 15.0 Å². The van der Waals surface area contributed by atoms with Crippen LogP contribution in [0, 0.1) is 0 Å². The summed E-state index contributed by atoms with van der Waals surface area (Å²) in [6.07, 6.45) is 0.945. The Labute approximate surface area is 205 Å². The van der Waals surface area contributed by atoms with E-state index in [4.69, 9.17) is 16.3 Å². The van der Waals surface area contributed by atoms with Gasteiger partial charge in [-0.15, -0.1) is 0 Å².